The maximum Gasteiger partial charge on any atom is 0.416 e. The molecule has 0 unspecified atom stereocenters. The molecule has 2 rings (SSSR count). The molecule has 7 heteroatoms. The summed E-state index contributed by atoms with van der Waals surface area (Å²) in [6.07, 6.45) is 1.81. The van der Waals surface area contributed by atoms with Gasteiger partial charge in [-0.25, -0.2) is 4.79 Å². The third-order valence-electron chi connectivity index (χ3n) is 4.03. The van der Waals surface area contributed by atoms with Gasteiger partial charge in [0.25, 0.3) is 0 Å². The van der Waals surface area contributed by atoms with E-state index in [0.29, 0.717) is 30.6 Å². The molecule has 0 fully saturated rings. The Balaban J connectivity index is 2.36. The first-order chi connectivity index (χ1) is 12.2. The Morgan fingerprint density at radius 1 is 1.19 bits per heavy atom. The molecule has 4 nitrogen and oxygen atoms in total. The molecule has 1 aromatic rings. The van der Waals surface area contributed by atoms with Gasteiger partial charge in [-0.2, -0.15) is 13.2 Å². The van der Waals surface area contributed by atoms with E-state index in [1.807, 2.05) is 6.08 Å². The largest absolute Gasteiger partial charge is 0.478 e. The van der Waals surface area contributed by atoms with E-state index in [4.69, 9.17) is 5.11 Å². The zero-order valence-electron chi connectivity index (χ0n) is 14.1. The number of amides is 1. The molecule has 0 atom stereocenters. The van der Waals surface area contributed by atoms with E-state index in [9.17, 15) is 22.8 Å². The van der Waals surface area contributed by atoms with Gasteiger partial charge < -0.3 is 10.0 Å². The standard InChI is InChI=1S/C19H18F3NO3/c1-13(24)23-11-9-15(10-12-23)17(3-2-4-18(25)26)14-5-7-16(8-6-14)19(20,21)22/h2-9H,10-12H2,1H3,(H,25,26). The number of carboxylic acid groups (broad SMARTS) is 1. The third-order valence-corrected chi connectivity index (χ3v) is 4.03. The molecular formula is C19H18F3NO3. The zero-order valence-corrected chi connectivity index (χ0v) is 14.1. The molecule has 26 heavy (non-hydrogen) atoms. The minimum atomic E-state index is -4.42. The van der Waals surface area contributed by atoms with Crippen LogP contribution in [0.2, 0.25) is 0 Å². The monoisotopic (exact) mass is 365 g/mol. The van der Waals surface area contributed by atoms with E-state index >= 15 is 0 Å². The van der Waals surface area contributed by atoms with Crippen LogP contribution in [0.5, 0.6) is 0 Å². The van der Waals surface area contributed by atoms with Crippen molar-refractivity contribution in [3.05, 3.63) is 65.3 Å². The smallest absolute Gasteiger partial charge is 0.416 e. The number of carbonyl (C=O) groups excluding carboxylic acids is 1. The van der Waals surface area contributed by atoms with Crippen LogP contribution in [-0.4, -0.2) is 35.0 Å². The normalized spacial score (nSPS) is 15.9. The van der Waals surface area contributed by atoms with Gasteiger partial charge in [-0.15, -0.1) is 0 Å². The lowest BCUT2D eigenvalue weighted by molar-refractivity contribution is -0.137. The topological polar surface area (TPSA) is 57.6 Å². The first kappa shape index (κ1) is 19.5. The van der Waals surface area contributed by atoms with Gasteiger partial charge >= 0.3 is 12.1 Å². The van der Waals surface area contributed by atoms with Gasteiger partial charge in [0, 0.05) is 26.1 Å². The first-order valence-corrected chi connectivity index (χ1v) is 7.92. The number of carboxylic acids is 1. The highest BCUT2D eigenvalue weighted by atomic mass is 19.4. The van der Waals surface area contributed by atoms with Crippen molar-refractivity contribution in [2.75, 3.05) is 13.1 Å². The Morgan fingerprint density at radius 2 is 1.85 bits per heavy atom. The molecule has 1 heterocycles. The molecule has 0 bridgehead atoms. The molecule has 0 spiro atoms. The van der Waals surface area contributed by atoms with E-state index in [1.54, 1.807) is 11.0 Å². The SMILES string of the molecule is CC(=O)N1CC=C(C(=CC=CC(=O)O)c2ccc(C(F)(F)F)cc2)CC1. The van der Waals surface area contributed by atoms with Crippen LogP contribution in [0.25, 0.3) is 5.57 Å². The van der Waals surface area contributed by atoms with Crippen molar-refractivity contribution in [3.8, 4) is 0 Å². The van der Waals surface area contributed by atoms with Gasteiger partial charge in [0.15, 0.2) is 0 Å². The van der Waals surface area contributed by atoms with Crippen molar-refractivity contribution in [1.29, 1.82) is 0 Å². The molecule has 0 saturated heterocycles. The van der Waals surface area contributed by atoms with Crippen LogP contribution in [0.15, 0.2) is 54.1 Å². The molecule has 1 amide bonds. The number of aliphatic carboxylic acids is 1. The molecule has 1 aromatic carbocycles. The van der Waals surface area contributed by atoms with E-state index < -0.39 is 17.7 Å². The number of nitrogens with zero attached hydrogens (tertiary/aromatic N) is 1. The van der Waals surface area contributed by atoms with Crippen LogP contribution in [0.4, 0.5) is 13.2 Å². The molecule has 0 saturated carbocycles. The second-order valence-electron chi connectivity index (χ2n) is 5.80. The van der Waals surface area contributed by atoms with Crippen molar-refractivity contribution in [3.63, 3.8) is 0 Å². The minimum absolute atomic E-state index is 0.0499. The number of allylic oxidation sites excluding steroid dienone is 3. The lowest BCUT2D eigenvalue weighted by Gasteiger charge is -2.26. The van der Waals surface area contributed by atoms with E-state index in [0.717, 1.165) is 23.8 Å². The third kappa shape index (κ3) is 5.08. The molecule has 1 N–H and O–H groups in total. The molecule has 1 aliphatic rings. The lowest BCUT2D eigenvalue weighted by Crippen LogP contribution is -2.33. The number of carbonyl (C=O) groups is 2. The summed E-state index contributed by atoms with van der Waals surface area (Å²) in [5, 5.41) is 8.73. The average molecular weight is 365 g/mol. The van der Waals surface area contributed by atoms with E-state index in [1.165, 1.54) is 25.1 Å². The van der Waals surface area contributed by atoms with Crippen LogP contribution in [0.1, 0.15) is 24.5 Å². The predicted molar refractivity (Wildman–Crippen MR) is 91.2 cm³/mol. The molecule has 0 aliphatic carbocycles. The van der Waals surface area contributed by atoms with Crippen LogP contribution in [0, 0.1) is 0 Å². The summed E-state index contributed by atoms with van der Waals surface area (Å²) in [7, 11) is 0. The van der Waals surface area contributed by atoms with Crippen LogP contribution in [0.3, 0.4) is 0 Å². The van der Waals surface area contributed by atoms with Gasteiger partial charge in [0.2, 0.25) is 5.91 Å². The minimum Gasteiger partial charge on any atom is -0.478 e. The summed E-state index contributed by atoms with van der Waals surface area (Å²) in [5.41, 5.74) is 1.30. The van der Waals surface area contributed by atoms with Crippen LogP contribution < -0.4 is 0 Å². The summed E-state index contributed by atoms with van der Waals surface area (Å²) in [4.78, 5) is 23.7. The van der Waals surface area contributed by atoms with Crippen molar-refractivity contribution >= 4 is 17.4 Å². The van der Waals surface area contributed by atoms with Crippen LogP contribution >= 0.6 is 0 Å². The fraction of sp³-hybridized carbons (Fsp3) is 0.263. The van der Waals surface area contributed by atoms with Gasteiger partial charge in [0.05, 0.1) is 5.56 Å². The molecule has 1 aliphatic heterocycles. The second kappa shape index (κ2) is 8.03. The Kier molecular flexibility index (Phi) is 6.02. The highest BCUT2D eigenvalue weighted by Crippen LogP contribution is 2.32. The van der Waals surface area contributed by atoms with Crippen molar-refractivity contribution < 1.29 is 27.9 Å². The summed E-state index contributed by atoms with van der Waals surface area (Å²) in [6.45, 7) is 2.38. The zero-order chi connectivity index (χ0) is 19.3. The number of hydrogen-bond acceptors (Lipinski definition) is 2. The Labute approximate surface area is 148 Å². The number of rotatable bonds is 4. The second-order valence-corrected chi connectivity index (χ2v) is 5.80. The first-order valence-electron chi connectivity index (χ1n) is 7.92. The highest BCUT2D eigenvalue weighted by Gasteiger charge is 2.30. The number of halogens is 3. The summed E-state index contributed by atoms with van der Waals surface area (Å²) in [5.74, 6) is -1.17. The number of hydrogen-bond donors (Lipinski definition) is 1. The van der Waals surface area contributed by atoms with E-state index in [2.05, 4.69) is 0 Å². The molecular weight excluding hydrogens is 347 g/mol. The van der Waals surface area contributed by atoms with E-state index in [-0.39, 0.29) is 5.91 Å². The Morgan fingerprint density at radius 3 is 2.31 bits per heavy atom. The predicted octanol–water partition coefficient (Wildman–Crippen LogP) is 3.91. The summed E-state index contributed by atoms with van der Waals surface area (Å²) in [6, 6.07) is 4.72. The van der Waals surface area contributed by atoms with Gasteiger partial charge in [-0.3, -0.25) is 4.79 Å². The van der Waals surface area contributed by atoms with Crippen LogP contribution in [-0.2, 0) is 15.8 Å². The summed E-state index contributed by atoms with van der Waals surface area (Å²) < 4.78 is 38.2. The molecule has 138 valence electrons. The maximum atomic E-state index is 12.7. The van der Waals surface area contributed by atoms with Crippen molar-refractivity contribution in [2.45, 2.75) is 19.5 Å². The quantitative estimate of drug-likeness (QED) is 0.650. The van der Waals surface area contributed by atoms with Gasteiger partial charge in [-0.05, 0) is 35.3 Å². The number of benzene rings is 1. The Hall–Kier alpha value is -2.83. The van der Waals surface area contributed by atoms with Crippen molar-refractivity contribution in [1.82, 2.24) is 4.90 Å². The number of alkyl halides is 3. The van der Waals surface area contributed by atoms with Crippen molar-refractivity contribution in [2.24, 2.45) is 0 Å². The maximum absolute atomic E-state index is 12.7. The Bertz CT molecular complexity index is 774. The average Bonchev–Trinajstić information content (AvgIpc) is 2.58. The molecule has 0 radical (unpaired) electrons. The molecule has 0 aromatic heterocycles. The van der Waals surface area contributed by atoms with Gasteiger partial charge in [0.1, 0.15) is 0 Å². The van der Waals surface area contributed by atoms with Gasteiger partial charge in [-0.1, -0.05) is 30.4 Å². The summed E-state index contributed by atoms with van der Waals surface area (Å²) >= 11 is 0. The fourth-order valence-corrected chi connectivity index (χ4v) is 2.65. The highest BCUT2D eigenvalue weighted by molar-refractivity contribution is 5.84. The lowest BCUT2D eigenvalue weighted by atomic mass is 9.92. The fourth-order valence-electron chi connectivity index (χ4n) is 2.65.